The molecule has 146 valence electrons. The van der Waals surface area contributed by atoms with Crippen molar-refractivity contribution in [1.29, 1.82) is 0 Å². The largest absolute Gasteiger partial charge is 0.375 e. The van der Waals surface area contributed by atoms with Gasteiger partial charge in [-0.1, -0.05) is 31.0 Å². The summed E-state index contributed by atoms with van der Waals surface area (Å²) in [4.78, 5) is 19.8. The minimum absolute atomic E-state index is 0.0307. The number of fused-ring (bicyclic) bond motifs is 1. The molecule has 2 aliphatic heterocycles. The number of hydrogen-bond acceptors (Lipinski definition) is 4. The molecule has 3 heterocycles. The van der Waals surface area contributed by atoms with E-state index in [1.54, 1.807) is 6.20 Å². The summed E-state index contributed by atoms with van der Waals surface area (Å²) in [5.41, 5.74) is 2.97. The number of hydrogen-bond donors (Lipinski definition) is 1. The van der Waals surface area contributed by atoms with Gasteiger partial charge in [0.15, 0.2) is 0 Å². The predicted molar refractivity (Wildman–Crippen MR) is 110 cm³/mol. The molecule has 5 nitrogen and oxygen atoms in total. The van der Waals surface area contributed by atoms with Crippen molar-refractivity contribution in [2.75, 3.05) is 23.4 Å². The summed E-state index contributed by atoms with van der Waals surface area (Å²) < 4.78 is 6.16. The maximum absolute atomic E-state index is 13.3. The van der Waals surface area contributed by atoms with E-state index in [2.05, 4.69) is 16.4 Å². The average Bonchev–Trinajstić information content (AvgIpc) is 3.35. The van der Waals surface area contributed by atoms with Gasteiger partial charge in [0.05, 0.1) is 11.2 Å². The van der Waals surface area contributed by atoms with Crippen LogP contribution in [0.5, 0.6) is 0 Å². The van der Waals surface area contributed by atoms with Gasteiger partial charge in [-0.15, -0.1) is 0 Å². The van der Waals surface area contributed by atoms with Gasteiger partial charge in [0.25, 0.3) is 5.91 Å². The number of pyridine rings is 1. The molecule has 1 atom stereocenters. The zero-order valence-electron chi connectivity index (χ0n) is 16.2. The van der Waals surface area contributed by atoms with Crippen molar-refractivity contribution >= 4 is 17.4 Å². The quantitative estimate of drug-likeness (QED) is 0.871. The van der Waals surface area contributed by atoms with E-state index < -0.39 is 0 Å². The van der Waals surface area contributed by atoms with Crippen molar-refractivity contribution in [3.05, 3.63) is 53.7 Å². The number of anilines is 2. The Morgan fingerprint density at radius 1 is 1.18 bits per heavy atom. The lowest BCUT2D eigenvalue weighted by Gasteiger charge is -2.39. The Balaban J connectivity index is 1.37. The summed E-state index contributed by atoms with van der Waals surface area (Å²) in [5, 5.41) is 3.59. The van der Waals surface area contributed by atoms with Gasteiger partial charge in [-0.2, -0.15) is 0 Å². The van der Waals surface area contributed by atoms with Crippen LogP contribution < -0.4 is 10.2 Å². The van der Waals surface area contributed by atoms with E-state index in [9.17, 15) is 4.79 Å². The van der Waals surface area contributed by atoms with Crippen molar-refractivity contribution < 1.29 is 9.53 Å². The van der Waals surface area contributed by atoms with E-state index >= 15 is 0 Å². The van der Waals surface area contributed by atoms with Gasteiger partial charge in [0.1, 0.15) is 5.82 Å². The molecule has 1 aromatic heterocycles. The van der Waals surface area contributed by atoms with Crippen molar-refractivity contribution in [3.8, 4) is 0 Å². The number of ether oxygens (including phenoxy) is 1. The number of para-hydroxylation sites is 1. The van der Waals surface area contributed by atoms with Crippen LogP contribution in [0.4, 0.5) is 11.5 Å². The van der Waals surface area contributed by atoms with Crippen LogP contribution in [-0.2, 0) is 11.2 Å². The number of nitrogens with zero attached hydrogens (tertiary/aromatic N) is 2. The monoisotopic (exact) mass is 377 g/mol. The first-order chi connectivity index (χ1) is 13.7. The van der Waals surface area contributed by atoms with E-state index in [1.165, 1.54) is 18.4 Å². The van der Waals surface area contributed by atoms with Crippen molar-refractivity contribution in [1.82, 2.24) is 4.98 Å². The Hall–Kier alpha value is -2.40. The van der Waals surface area contributed by atoms with Crippen molar-refractivity contribution in [2.45, 2.75) is 56.6 Å². The van der Waals surface area contributed by atoms with Crippen LogP contribution in [0.25, 0.3) is 0 Å². The standard InChI is InChI=1S/C23H27N3O2/c27-22(26-14-9-17-6-1-2-8-20(17)26)19-7-5-13-24-21(19)25-18-10-15-28-23(16-18)11-3-4-12-23/h1-2,5-8,13,18H,3-4,9-12,14-16H2,(H,24,25). The molecule has 28 heavy (non-hydrogen) atoms. The number of nitrogens with one attached hydrogen (secondary N) is 1. The summed E-state index contributed by atoms with van der Waals surface area (Å²) in [6.07, 6.45) is 9.47. The molecule has 5 rings (SSSR count). The van der Waals surface area contributed by atoms with Crippen LogP contribution in [0.1, 0.15) is 54.4 Å². The molecule has 3 aliphatic rings. The highest BCUT2D eigenvalue weighted by Crippen LogP contribution is 2.40. The highest BCUT2D eigenvalue weighted by molar-refractivity contribution is 6.10. The molecule has 1 amide bonds. The fraction of sp³-hybridized carbons (Fsp3) is 0.478. The van der Waals surface area contributed by atoms with Gasteiger partial charge in [0.2, 0.25) is 0 Å². The molecule has 1 aliphatic carbocycles. The van der Waals surface area contributed by atoms with E-state index in [1.807, 2.05) is 35.2 Å². The molecule has 1 spiro atoms. The summed E-state index contributed by atoms with van der Waals surface area (Å²) in [7, 11) is 0. The van der Waals surface area contributed by atoms with Gasteiger partial charge >= 0.3 is 0 Å². The van der Waals surface area contributed by atoms with Gasteiger partial charge in [-0.3, -0.25) is 4.79 Å². The molecule has 1 saturated carbocycles. The Labute approximate surface area is 166 Å². The second-order valence-corrected chi connectivity index (χ2v) is 8.31. The number of rotatable bonds is 3. The summed E-state index contributed by atoms with van der Waals surface area (Å²) in [6, 6.07) is 12.2. The zero-order chi connectivity index (χ0) is 19.0. The highest BCUT2D eigenvalue weighted by atomic mass is 16.5. The number of benzene rings is 1. The molecular weight excluding hydrogens is 350 g/mol. The molecule has 0 radical (unpaired) electrons. The van der Waals surface area contributed by atoms with E-state index in [-0.39, 0.29) is 11.5 Å². The normalized spacial score (nSPS) is 23.0. The van der Waals surface area contributed by atoms with Crippen molar-refractivity contribution in [3.63, 3.8) is 0 Å². The molecule has 5 heteroatoms. The molecule has 2 fully saturated rings. The fourth-order valence-corrected chi connectivity index (χ4v) is 5.10. The predicted octanol–water partition coefficient (Wildman–Crippen LogP) is 4.19. The fourth-order valence-electron chi connectivity index (χ4n) is 5.10. The maximum Gasteiger partial charge on any atom is 0.262 e. The molecule has 1 unspecified atom stereocenters. The lowest BCUT2D eigenvalue weighted by atomic mass is 9.89. The van der Waals surface area contributed by atoms with E-state index in [0.29, 0.717) is 17.4 Å². The molecule has 1 aromatic carbocycles. The molecule has 1 saturated heterocycles. The van der Waals surface area contributed by atoms with Crippen LogP contribution in [0, 0.1) is 0 Å². The Morgan fingerprint density at radius 2 is 2.04 bits per heavy atom. The van der Waals surface area contributed by atoms with Crippen LogP contribution in [0.3, 0.4) is 0 Å². The molecule has 0 bridgehead atoms. The first-order valence-corrected chi connectivity index (χ1v) is 10.5. The first kappa shape index (κ1) is 17.7. The lowest BCUT2D eigenvalue weighted by Crippen LogP contribution is -2.43. The zero-order valence-corrected chi connectivity index (χ0v) is 16.2. The summed E-state index contributed by atoms with van der Waals surface area (Å²) >= 11 is 0. The third-order valence-electron chi connectivity index (χ3n) is 6.52. The molecular formula is C23H27N3O2. The van der Waals surface area contributed by atoms with Gasteiger partial charge in [-0.05, 0) is 55.9 Å². The van der Waals surface area contributed by atoms with Crippen LogP contribution in [0.15, 0.2) is 42.6 Å². The van der Waals surface area contributed by atoms with Gasteiger partial charge in [-0.25, -0.2) is 4.98 Å². The van der Waals surface area contributed by atoms with Crippen LogP contribution in [-0.4, -0.2) is 35.7 Å². The Morgan fingerprint density at radius 3 is 2.93 bits per heavy atom. The van der Waals surface area contributed by atoms with Crippen LogP contribution in [0.2, 0.25) is 0 Å². The van der Waals surface area contributed by atoms with E-state index in [0.717, 1.165) is 50.9 Å². The SMILES string of the molecule is O=C(c1cccnc1NC1CCOC2(CCCC2)C1)N1CCc2ccccc21. The molecule has 1 N–H and O–H groups in total. The number of amides is 1. The second kappa shape index (κ2) is 7.21. The number of carbonyl (C=O) groups is 1. The third-order valence-corrected chi connectivity index (χ3v) is 6.52. The van der Waals surface area contributed by atoms with E-state index in [4.69, 9.17) is 4.74 Å². The minimum Gasteiger partial charge on any atom is -0.375 e. The Bertz CT molecular complexity index is 876. The summed E-state index contributed by atoms with van der Waals surface area (Å²) in [6.45, 7) is 1.51. The van der Waals surface area contributed by atoms with Crippen LogP contribution >= 0.6 is 0 Å². The van der Waals surface area contributed by atoms with Gasteiger partial charge in [0, 0.05) is 31.1 Å². The highest BCUT2D eigenvalue weighted by Gasteiger charge is 2.40. The smallest absolute Gasteiger partial charge is 0.262 e. The topological polar surface area (TPSA) is 54.5 Å². The van der Waals surface area contributed by atoms with Crippen molar-refractivity contribution in [2.24, 2.45) is 0 Å². The first-order valence-electron chi connectivity index (χ1n) is 10.5. The minimum atomic E-state index is 0.0307. The lowest BCUT2D eigenvalue weighted by molar-refractivity contribution is -0.0767. The number of carbonyl (C=O) groups excluding carboxylic acids is 1. The average molecular weight is 377 g/mol. The summed E-state index contributed by atoms with van der Waals surface area (Å²) in [5.74, 6) is 0.736. The second-order valence-electron chi connectivity index (χ2n) is 8.31. The molecule has 2 aromatic rings. The number of aromatic nitrogens is 1. The Kier molecular flexibility index (Phi) is 4.55. The maximum atomic E-state index is 13.3. The third kappa shape index (κ3) is 3.18. The van der Waals surface area contributed by atoms with Gasteiger partial charge < -0.3 is 15.0 Å².